The highest BCUT2D eigenvalue weighted by molar-refractivity contribution is 6.20. The highest BCUT2D eigenvalue weighted by Crippen LogP contribution is 2.18. The summed E-state index contributed by atoms with van der Waals surface area (Å²) in [5.74, 6) is 1.65. The van der Waals surface area contributed by atoms with Gasteiger partial charge >= 0.3 is 0 Å². The van der Waals surface area contributed by atoms with E-state index in [9.17, 15) is 0 Å². The lowest BCUT2D eigenvalue weighted by atomic mass is 9.96. The molecule has 0 aromatic heterocycles. The molecule has 74 valence electrons. The van der Waals surface area contributed by atoms with Crippen LogP contribution in [0.4, 0.5) is 0 Å². The molecule has 0 fully saturated rings. The summed E-state index contributed by atoms with van der Waals surface area (Å²) in [5.41, 5.74) is 0. The van der Waals surface area contributed by atoms with Gasteiger partial charge in [-0.3, -0.25) is 0 Å². The molecule has 0 saturated carbocycles. The molecule has 0 N–H and O–H groups in total. The SMILES string of the molecule is CC(C)CCCC(C)CC(C)Cl. The van der Waals surface area contributed by atoms with Crippen molar-refractivity contribution >= 4 is 11.6 Å². The Morgan fingerprint density at radius 2 is 1.58 bits per heavy atom. The molecular formula is C11H23Cl. The van der Waals surface area contributed by atoms with Crippen LogP contribution in [0.1, 0.15) is 53.4 Å². The van der Waals surface area contributed by atoms with E-state index in [4.69, 9.17) is 11.6 Å². The minimum Gasteiger partial charge on any atom is -0.123 e. The molecule has 12 heavy (non-hydrogen) atoms. The van der Waals surface area contributed by atoms with Gasteiger partial charge in [0.05, 0.1) is 0 Å². The quantitative estimate of drug-likeness (QED) is 0.543. The van der Waals surface area contributed by atoms with Gasteiger partial charge in [0.25, 0.3) is 0 Å². The first kappa shape index (κ1) is 12.3. The van der Waals surface area contributed by atoms with E-state index in [-0.39, 0.29) is 0 Å². The summed E-state index contributed by atoms with van der Waals surface area (Å²) in [5, 5.41) is 0.346. The van der Waals surface area contributed by atoms with Crippen LogP contribution in [0.2, 0.25) is 0 Å². The van der Waals surface area contributed by atoms with Gasteiger partial charge in [-0.2, -0.15) is 0 Å². The zero-order valence-electron chi connectivity index (χ0n) is 8.94. The number of hydrogen-bond acceptors (Lipinski definition) is 0. The Morgan fingerprint density at radius 3 is 2.00 bits per heavy atom. The van der Waals surface area contributed by atoms with Crippen LogP contribution < -0.4 is 0 Å². The van der Waals surface area contributed by atoms with Crippen molar-refractivity contribution in [2.24, 2.45) is 11.8 Å². The highest BCUT2D eigenvalue weighted by atomic mass is 35.5. The van der Waals surface area contributed by atoms with Crippen molar-refractivity contribution in [1.29, 1.82) is 0 Å². The third-order valence-corrected chi connectivity index (χ3v) is 2.38. The van der Waals surface area contributed by atoms with Crippen LogP contribution >= 0.6 is 11.6 Å². The summed E-state index contributed by atoms with van der Waals surface area (Å²) in [4.78, 5) is 0. The largest absolute Gasteiger partial charge is 0.123 e. The van der Waals surface area contributed by atoms with E-state index in [1.807, 2.05) is 0 Å². The van der Waals surface area contributed by atoms with E-state index in [1.165, 1.54) is 25.7 Å². The van der Waals surface area contributed by atoms with Gasteiger partial charge in [-0.05, 0) is 25.2 Å². The Morgan fingerprint density at radius 1 is 1.00 bits per heavy atom. The van der Waals surface area contributed by atoms with Crippen LogP contribution in [0, 0.1) is 11.8 Å². The second kappa shape index (κ2) is 6.77. The molecule has 0 radical (unpaired) electrons. The molecule has 0 heterocycles. The fourth-order valence-electron chi connectivity index (χ4n) is 1.55. The summed E-state index contributed by atoms with van der Waals surface area (Å²) in [7, 11) is 0. The Hall–Kier alpha value is 0.290. The van der Waals surface area contributed by atoms with Crippen LogP contribution in [0.3, 0.4) is 0 Å². The first-order valence-electron chi connectivity index (χ1n) is 5.16. The second-order valence-corrected chi connectivity index (χ2v) is 5.19. The second-order valence-electron chi connectivity index (χ2n) is 4.45. The highest BCUT2D eigenvalue weighted by Gasteiger charge is 2.06. The zero-order chi connectivity index (χ0) is 9.56. The van der Waals surface area contributed by atoms with Crippen LogP contribution in [-0.4, -0.2) is 5.38 Å². The molecule has 0 aliphatic rings. The van der Waals surface area contributed by atoms with Gasteiger partial charge in [-0.1, -0.05) is 40.0 Å². The van der Waals surface area contributed by atoms with E-state index in [0.717, 1.165) is 11.8 Å². The fourth-order valence-corrected chi connectivity index (χ4v) is 1.85. The van der Waals surface area contributed by atoms with Gasteiger partial charge in [0.1, 0.15) is 0 Å². The van der Waals surface area contributed by atoms with Crippen LogP contribution in [0.25, 0.3) is 0 Å². The lowest BCUT2D eigenvalue weighted by Crippen LogP contribution is -2.02. The zero-order valence-corrected chi connectivity index (χ0v) is 9.69. The maximum Gasteiger partial charge on any atom is 0.0310 e. The summed E-state index contributed by atoms with van der Waals surface area (Å²) < 4.78 is 0. The Bertz CT molecular complexity index is 97.2. The third-order valence-electron chi connectivity index (χ3n) is 2.21. The number of halogens is 1. The van der Waals surface area contributed by atoms with E-state index >= 15 is 0 Å². The summed E-state index contributed by atoms with van der Waals surface area (Å²) in [6.45, 7) is 8.96. The molecule has 0 nitrogen and oxygen atoms in total. The van der Waals surface area contributed by atoms with Crippen molar-refractivity contribution in [2.75, 3.05) is 0 Å². The average Bonchev–Trinajstić information content (AvgIpc) is 1.84. The Kier molecular flexibility index (Phi) is 6.93. The molecule has 0 aliphatic heterocycles. The maximum absolute atomic E-state index is 5.91. The van der Waals surface area contributed by atoms with E-state index in [0.29, 0.717) is 5.38 Å². The smallest absolute Gasteiger partial charge is 0.0310 e. The average molecular weight is 191 g/mol. The van der Waals surface area contributed by atoms with E-state index < -0.39 is 0 Å². The minimum atomic E-state index is 0.346. The van der Waals surface area contributed by atoms with Gasteiger partial charge in [-0.25, -0.2) is 0 Å². The van der Waals surface area contributed by atoms with Crippen molar-refractivity contribution in [3.05, 3.63) is 0 Å². The molecule has 0 aromatic rings. The molecule has 0 amide bonds. The predicted molar refractivity (Wildman–Crippen MR) is 57.8 cm³/mol. The van der Waals surface area contributed by atoms with E-state index in [1.54, 1.807) is 0 Å². The number of hydrogen-bond donors (Lipinski definition) is 0. The molecule has 0 rings (SSSR count). The van der Waals surface area contributed by atoms with Gasteiger partial charge in [0.15, 0.2) is 0 Å². The van der Waals surface area contributed by atoms with Gasteiger partial charge in [-0.15, -0.1) is 11.6 Å². The molecule has 0 spiro atoms. The van der Waals surface area contributed by atoms with Gasteiger partial charge in [0.2, 0.25) is 0 Å². The van der Waals surface area contributed by atoms with Gasteiger partial charge in [0, 0.05) is 5.38 Å². The first-order valence-corrected chi connectivity index (χ1v) is 5.60. The van der Waals surface area contributed by atoms with Crippen molar-refractivity contribution in [3.63, 3.8) is 0 Å². The first-order chi connectivity index (χ1) is 5.52. The number of rotatable bonds is 6. The van der Waals surface area contributed by atoms with Crippen molar-refractivity contribution in [2.45, 2.75) is 58.8 Å². The summed E-state index contributed by atoms with van der Waals surface area (Å²) >= 11 is 5.91. The normalized spacial score (nSPS) is 16.5. The predicted octanol–water partition coefficient (Wildman–Crippen LogP) is 4.47. The molecule has 1 heteroatoms. The molecular weight excluding hydrogens is 168 g/mol. The molecule has 2 unspecified atom stereocenters. The van der Waals surface area contributed by atoms with Crippen LogP contribution in [0.15, 0.2) is 0 Å². The van der Waals surface area contributed by atoms with Crippen molar-refractivity contribution < 1.29 is 0 Å². The van der Waals surface area contributed by atoms with Gasteiger partial charge < -0.3 is 0 Å². The topological polar surface area (TPSA) is 0 Å². The van der Waals surface area contributed by atoms with Crippen molar-refractivity contribution in [3.8, 4) is 0 Å². The van der Waals surface area contributed by atoms with Crippen LogP contribution in [0.5, 0.6) is 0 Å². The molecule has 2 atom stereocenters. The fraction of sp³-hybridized carbons (Fsp3) is 1.00. The Labute approximate surface area is 82.7 Å². The molecule has 0 aliphatic carbocycles. The van der Waals surface area contributed by atoms with Crippen molar-refractivity contribution in [1.82, 2.24) is 0 Å². The van der Waals surface area contributed by atoms with Crippen LogP contribution in [-0.2, 0) is 0 Å². The third kappa shape index (κ3) is 8.39. The lowest BCUT2D eigenvalue weighted by molar-refractivity contribution is 0.435. The summed E-state index contributed by atoms with van der Waals surface area (Å²) in [6.07, 6.45) is 5.23. The molecule has 0 aromatic carbocycles. The maximum atomic E-state index is 5.91. The monoisotopic (exact) mass is 190 g/mol. The molecule has 0 saturated heterocycles. The lowest BCUT2D eigenvalue weighted by Gasteiger charge is -2.13. The van der Waals surface area contributed by atoms with E-state index in [2.05, 4.69) is 27.7 Å². The Balaban J connectivity index is 3.25. The standard InChI is InChI=1S/C11H23Cl/c1-9(2)6-5-7-10(3)8-11(4)12/h9-11H,5-8H2,1-4H3. The molecule has 0 bridgehead atoms. The number of alkyl halides is 1. The summed E-state index contributed by atoms with van der Waals surface area (Å²) in [6, 6.07) is 0. The minimum absolute atomic E-state index is 0.346.